The van der Waals surface area contributed by atoms with E-state index in [9.17, 15) is 4.79 Å². The van der Waals surface area contributed by atoms with Gasteiger partial charge in [0, 0.05) is 27.7 Å². The molecule has 21 heavy (non-hydrogen) atoms. The Morgan fingerprint density at radius 3 is 2.62 bits per heavy atom. The minimum absolute atomic E-state index is 0.115. The molecular weight excluding hydrogens is 282 g/mol. The number of benzene rings is 1. The molecule has 1 spiro atoms. The van der Waals surface area contributed by atoms with E-state index in [-0.39, 0.29) is 10.5 Å². The maximum atomic E-state index is 12.6. The Morgan fingerprint density at radius 1 is 1.29 bits per heavy atom. The first-order valence-corrected chi connectivity index (χ1v) is 8.49. The lowest BCUT2D eigenvalue weighted by Gasteiger charge is -2.44. The predicted molar refractivity (Wildman–Crippen MR) is 86.5 cm³/mol. The minimum Gasteiger partial charge on any atom is -0.497 e. The first-order valence-electron chi connectivity index (χ1n) is 7.67. The fraction of sp³-hybridized carbons (Fsp3) is 0.588. The molecule has 1 saturated heterocycles. The number of methoxy groups -OCH3 is 1. The predicted octanol–water partition coefficient (Wildman–Crippen LogP) is 3.62. The van der Waals surface area contributed by atoms with Crippen molar-refractivity contribution in [2.75, 3.05) is 20.2 Å². The molecule has 2 heterocycles. The lowest BCUT2D eigenvalue weighted by atomic mass is 9.87. The highest BCUT2D eigenvalue weighted by Gasteiger charge is 2.42. The summed E-state index contributed by atoms with van der Waals surface area (Å²) in [5, 5.41) is 0. The molecule has 0 N–H and O–H groups in total. The Morgan fingerprint density at radius 2 is 2.00 bits per heavy atom. The van der Waals surface area contributed by atoms with Gasteiger partial charge in [0.25, 0.3) is 0 Å². The molecule has 114 valence electrons. The normalized spacial score (nSPS) is 21.6. The molecule has 1 fully saturated rings. The average Bonchev–Trinajstić information content (AvgIpc) is 2.47. The highest BCUT2D eigenvalue weighted by atomic mass is 32.2. The van der Waals surface area contributed by atoms with Crippen LogP contribution in [0.4, 0.5) is 0 Å². The maximum absolute atomic E-state index is 12.6. The second-order valence-corrected chi connectivity index (χ2v) is 7.89. The first-order chi connectivity index (χ1) is 10.0. The number of ether oxygens (including phenoxy) is 1. The fourth-order valence-electron chi connectivity index (χ4n) is 3.33. The van der Waals surface area contributed by atoms with Crippen molar-refractivity contribution < 1.29 is 9.53 Å². The molecule has 0 aromatic heterocycles. The molecule has 1 aromatic rings. The number of rotatable bonds is 2. The van der Waals surface area contributed by atoms with E-state index >= 15 is 0 Å². The number of Topliss-reactive ketones (excluding diaryl/α,β-unsaturated/α-hetero) is 1. The Kier molecular flexibility index (Phi) is 4.02. The molecule has 3 nitrogen and oxygen atoms in total. The molecule has 0 saturated carbocycles. The summed E-state index contributed by atoms with van der Waals surface area (Å²) in [5.41, 5.74) is 0.844. The van der Waals surface area contributed by atoms with E-state index in [1.165, 1.54) is 0 Å². The van der Waals surface area contributed by atoms with Gasteiger partial charge in [-0.25, -0.2) is 0 Å². The Bertz CT molecular complexity index is 548. The van der Waals surface area contributed by atoms with Crippen LogP contribution in [-0.4, -0.2) is 41.7 Å². The first kappa shape index (κ1) is 14.9. The van der Waals surface area contributed by atoms with Crippen molar-refractivity contribution in [3.63, 3.8) is 0 Å². The summed E-state index contributed by atoms with van der Waals surface area (Å²) in [6.45, 7) is 6.70. The molecule has 3 rings (SSSR count). The standard InChI is InChI=1S/C17H23NO2S/c1-12(2)18-8-6-17(7-9-18)11-15(19)14-10-13(20-3)4-5-16(14)21-17/h4-5,10,12H,6-9,11H2,1-3H3. The van der Waals surface area contributed by atoms with E-state index in [2.05, 4.69) is 18.7 Å². The summed E-state index contributed by atoms with van der Waals surface area (Å²) >= 11 is 1.91. The van der Waals surface area contributed by atoms with Gasteiger partial charge in [-0.15, -0.1) is 11.8 Å². The van der Waals surface area contributed by atoms with Crippen LogP contribution in [0.25, 0.3) is 0 Å². The minimum atomic E-state index is 0.115. The van der Waals surface area contributed by atoms with Crippen molar-refractivity contribution in [2.24, 2.45) is 0 Å². The van der Waals surface area contributed by atoms with Crippen LogP contribution in [0.15, 0.2) is 23.1 Å². The number of piperidine rings is 1. The van der Waals surface area contributed by atoms with Crippen LogP contribution in [-0.2, 0) is 0 Å². The number of nitrogens with zero attached hydrogens (tertiary/aromatic N) is 1. The monoisotopic (exact) mass is 305 g/mol. The van der Waals surface area contributed by atoms with Crippen LogP contribution < -0.4 is 4.74 Å². The average molecular weight is 305 g/mol. The summed E-state index contributed by atoms with van der Waals surface area (Å²) in [4.78, 5) is 16.2. The number of likely N-dealkylation sites (tertiary alicyclic amines) is 1. The van der Waals surface area contributed by atoms with E-state index < -0.39 is 0 Å². The Labute approximate surface area is 131 Å². The van der Waals surface area contributed by atoms with Gasteiger partial charge in [-0.05, 0) is 58.0 Å². The van der Waals surface area contributed by atoms with E-state index in [1.807, 2.05) is 30.0 Å². The number of carbonyl (C=O) groups is 1. The summed E-state index contributed by atoms with van der Waals surface area (Å²) in [7, 11) is 1.64. The number of hydrogen-bond donors (Lipinski definition) is 0. The van der Waals surface area contributed by atoms with Crippen LogP contribution in [0.2, 0.25) is 0 Å². The lowest BCUT2D eigenvalue weighted by molar-refractivity contribution is 0.0926. The third-order valence-electron chi connectivity index (χ3n) is 4.74. The molecular formula is C17H23NO2S. The Hall–Kier alpha value is -1.00. The van der Waals surface area contributed by atoms with Gasteiger partial charge in [-0.2, -0.15) is 0 Å². The highest BCUT2D eigenvalue weighted by Crippen LogP contribution is 2.49. The molecule has 0 bridgehead atoms. The van der Waals surface area contributed by atoms with Gasteiger partial charge >= 0.3 is 0 Å². The molecule has 2 aliphatic rings. The van der Waals surface area contributed by atoms with Crippen molar-refractivity contribution in [3.05, 3.63) is 23.8 Å². The van der Waals surface area contributed by atoms with Crippen molar-refractivity contribution in [1.29, 1.82) is 0 Å². The van der Waals surface area contributed by atoms with Crippen molar-refractivity contribution in [2.45, 2.75) is 48.8 Å². The number of carbonyl (C=O) groups excluding carboxylic acids is 1. The summed E-state index contributed by atoms with van der Waals surface area (Å²) in [6, 6.07) is 6.50. The van der Waals surface area contributed by atoms with Gasteiger partial charge in [0.15, 0.2) is 5.78 Å². The van der Waals surface area contributed by atoms with Gasteiger partial charge < -0.3 is 9.64 Å². The van der Waals surface area contributed by atoms with Gasteiger partial charge in [0.2, 0.25) is 0 Å². The zero-order chi connectivity index (χ0) is 15.0. The van der Waals surface area contributed by atoms with Crippen molar-refractivity contribution >= 4 is 17.5 Å². The molecule has 0 unspecified atom stereocenters. The van der Waals surface area contributed by atoms with Crippen LogP contribution in [0.1, 0.15) is 43.5 Å². The van der Waals surface area contributed by atoms with Crippen LogP contribution >= 0.6 is 11.8 Å². The third kappa shape index (κ3) is 2.84. The van der Waals surface area contributed by atoms with Gasteiger partial charge in [-0.3, -0.25) is 4.79 Å². The molecule has 0 radical (unpaired) electrons. The summed E-state index contributed by atoms with van der Waals surface area (Å²) < 4.78 is 5.35. The van der Waals surface area contributed by atoms with Crippen molar-refractivity contribution in [3.8, 4) is 5.75 Å². The lowest BCUT2D eigenvalue weighted by Crippen LogP contribution is -2.47. The molecule has 0 amide bonds. The fourth-order valence-corrected chi connectivity index (χ4v) is 4.80. The van der Waals surface area contributed by atoms with E-state index in [0.717, 1.165) is 42.1 Å². The van der Waals surface area contributed by atoms with Crippen LogP contribution in [0.5, 0.6) is 5.75 Å². The van der Waals surface area contributed by atoms with Gasteiger partial charge in [0.1, 0.15) is 5.75 Å². The molecule has 0 atom stereocenters. The second kappa shape index (κ2) is 5.65. The number of thioether (sulfide) groups is 1. The van der Waals surface area contributed by atoms with E-state index in [4.69, 9.17) is 4.74 Å². The number of hydrogen-bond acceptors (Lipinski definition) is 4. The summed E-state index contributed by atoms with van der Waals surface area (Å²) in [6.07, 6.45) is 2.88. The molecule has 4 heteroatoms. The van der Waals surface area contributed by atoms with E-state index in [0.29, 0.717) is 12.5 Å². The van der Waals surface area contributed by atoms with Gasteiger partial charge in [-0.1, -0.05) is 0 Å². The summed E-state index contributed by atoms with van der Waals surface area (Å²) in [5.74, 6) is 1.05. The SMILES string of the molecule is COc1ccc2c(c1)C(=O)CC1(CCN(C(C)C)CC1)S2. The second-order valence-electron chi connectivity index (χ2n) is 6.38. The Balaban J connectivity index is 1.81. The zero-order valence-electron chi connectivity index (χ0n) is 13.0. The van der Waals surface area contributed by atoms with Crippen LogP contribution in [0, 0.1) is 0 Å². The van der Waals surface area contributed by atoms with E-state index in [1.54, 1.807) is 7.11 Å². The largest absolute Gasteiger partial charge is 0.497 e. The smallest absolute Gasteiger partial charge is 0.165 e. The molecule has 2 aliphatic heterocycles. The van der Waals surface area contributed by atoms with Gasteiger partial charge in [0.05, 0.1) is 7.11 Å². The molecule has 0 aliphatic carbocycles. The number of fused-ring (bicyclic) bond motifs is 1. The number of ketones is 1. The zero-order valence-corrected chi connectivity index (χ0v) is 13.8. The maximum Gasteiger partial charge on any atom is 0.165 e. The van der Waals surface area contributed by atoms with Crippen molar-refractivity contribution in [1.82, 2.24) is 4.90 Å². The topological polar surface area (TPSA) is 29.5 Å². The third-order valence-corrected chi connectivity index (χ3v) is 6.30. The quantitative estimate of drug-likeness (QED) is 0.835. The van der Waals surface area contributed by atoms with Crippen LogP contribution in [0.3, 0.4) is 0 Å². The highest BCUT2D eigenvalue weighted by molar-refractivity contribution is 8.01. The molecule has 1 aromatic carbocycles.